The van der Waals surface area contributed by atoms with Crippen LogP contribution in [-0.2, 0) is 9.53 Å². The Morgan fingerprint density at radius 2 is 1.69 bits per heavy atom. The highest BCUT2D eigenvalue weighted by atomic mass is 35.5. The van der Waals surface area contributed by atoms with Crippen molar-refractivity contribution in [1.29, 1.82) is 0 Å². The number of rotatable bonds is 3. The van der Waals surface area contributed by atoms with Crippen molar-refractivity contribution in [2.75, 3.05) is 0 Å². The fourth-order valence-electron chi connectivity index (χ4n) is 3.68. The van der Waals surface area contributed by atoms with Gasteiger partial charge < -0.3 is 15.4 Å². The second-order valence-corrected chi connectivity index (χ2v) is 7.47. The van der Waals surface area contributed by atoms with Gasteiger partial charge in [0.2, 0.25) is 0 Å². The van der Waals surface area contributed by atoms with Gasteiger partial charge in [-0.1, -0.05) is 49.6 Å². The molecule has 5 nitrogen and oxygen atoms in total. The minimum atomic E-state index is -0.667. The van der Waals surface area contributed by atoms with Crippen molar-refractivity contribution in [2.45, 2.75) is 57.1 Å². The number of benzene rings is 1. The van der Waals surface area contributed by atoms with Crippen LogP contribution in [0.4, 0.5) is 4.79 Å². The number of hydrogen-bond donors (Lipinski definition) is 2. The summed E-state index contributed by atoms with van der Waals surface area (Å²) in [5.41, 5.74) is 1.16. The zero-order valence-corrected chi connectivity index (χ0v) is 15.6. The average molecular weight is 377 g/mol. The Kier molecular flexibility index (Phi) is 6.20. The number of nitrogens with one attached hydrogen (secondary N) is 2. The standard InChI is InChI=1S/C20H25ClN2O3/c1-13-17(19(24)26-16-7-5-3-2-4-6-8-16)18(23-20(25)22-13)14-9-11-15(21)12-10-14/h9-12,16-18H,1-8H2,(H2,22,23,25). The Morgan fingerprint density at radius 1 is 1.08 bits per heavy atom. The lowest BCUT2D eigenvalue weighted by Gasteiger charge is -2.34. The van der Waals surface area contributed by atoms with E-state index < -0.39 is 12.0 Å². The third-order valence-electron chi connectivity index (χ3n) is 5.09. The summed E-state index contributed by atoms with van der Waals surface area (Å²) in [6, 6.07) is 6.21. The summed E-state index contributed by atoms with van der Waals surface area (Å²) in [6.07, 6.45) is 7.54. The molecule has 1 saturated heterocycles. The average Bonchev–Trinajstić information content (AvgIpc) is 2.57. The molecule has 2 fully saturated rings. The molecule has 2 atom stereocenters. The first-order valence-corrected chi connectivity index (χ1v) is 9.64. The number of carbonyl (C=O) groups is 2. The van der Waals surface area contributed by atoms with E-state index in [0.717, 1.165) is 31.2 Å². The lowest BCUT2D eigenvalue weighted by atomic mass is 9.89. The number of hydrogen-bond acceptors (Lipinski definition) is 3. The third kappa shape index (κ3) is 4.58. The smallest absolute Gasteiger partial charge is 0.319 e. The van der Waals surface area contributed by atoms with E-state index >= 15 is 0 Å². The van der Waals surface area contributed by atoms with E-state index in [4.69, 9.17) is 16.3 Å². The molecule has 0 spiro atoms. The Morgan fingerprint density at radius 3 is 2.35 bits per heavy atom. The highest BCUT2D eigenvalue weighted by Crippen LogP contribution is 2.32. The van der Waals surface area contributed by atoms with Crippen LogP contribution in [-0.4, -0.2) is 18.1 Å². The molecule has 1 aromatic carbocycles. The van der Waals surface area contributed by atoms with Crippen LogP contribution in [0.3, 0.4) is 0 Å². The number of urea groups is 1. The Balaban J connectivity index is 1.76. The maximum atomic E-state index is 12.9. The Hall–Kier alpha value is -2.01. The zero-order valence-electron chi connectivity index (χ0n) is 14.8. The van der Waals surface area contributed by atoms with Crippen LogP contribution in [0.5, 0.6) is 0 Å². The van der Waals surface area contributed by atoms with Crippen LogP contribution < -0.4 is 10.6 Å². The van der Waals surface area contributed by atoms with Crippen LogP contribution in [0.2, 0.25) is 5.02 Å². The van der Waals surface area contributed by atoms with Gasteiger partial charge in [0.15, 0.2) is 0 Å². The van der Waals surface area contributed by atoms with Crippen LogP contribution >= 0.6 is 11.6 Å². The first-order chi connectivity index (χ1) is 12.5. The molecule has 1 aliphatic heterocycles. The fraction of sp³-hybridized carbons (Fsp3) is 0.500. The van der Waals surface area contributed by atoms with Gasteiger partial charge >= 0.3 is 12.0 Å². The highest BCUT2D eigenvalue weighted by molar-refractivity contribution is 6.30. The van der Waals surface area contributed by atoms with E-state index in [0.29, 0.717) is 10.7 Å². The molecule has 26 heavy (non-hydrogen) atoms. The zero-order chi connectivity index (χ0) is 18.5. The number of amides is 2. The van der Waals surface area contributed by atoms with Crippen LogP contribution in [0.1, 0.15) is 56.6 Å². The van der Waals surface area contributed by atoms with E-state index in [1.807, 2.05) is 12.1 Å². The molecule has 0 radical (unpaired) electrons. The quantitative estimate of drug-likeness (QED) is 0.764. The van der Waals surface area contributed by atoms with Crippen LogP contribution in [0.25, 0.3) is 0 Å². The van der Waals surface area contributed by atoms with Gasteiger partial charge in [0, 0.05) is 10.7 Å². The van der Waals surface area contributed by atoms with Gasteiger partial charge in [-0.15, -0.1) is 0 Å². The number of halogens is 1. The predicted molar refractivity (Wildman–Crippen MR) is 101 cm³/mol. The van der Waals surface area contributed by atoms with Gasteiger partial charge in [0.05, 0.1) is 6.04 Å². The summed E-state index contributed by atoms with van der Waals surface area (Å²) in [7, 11) is 0. The molecule has 140 valence electrons. The summed E-state index contributed by atoms with van der Waals surface area (Å²) >= 11 is 5.96. The summed E-state index contributed by atoms with van der Waals surface area (Å²) in [5, 5.41) is 6.03. The van der Waals surface area contributed by atoms with Crippen molar-refractivity contribution in [2.24, 2.45) is 5.92 Å². The molecule has 6 heteroatoms. The fourth-order valence-corrected chi connectivity index (χ4v) is 3.81. The molecule has 2 amide bonds. The van der Waals surface area contributed by atoms with Gasteiger partial charge in [0.25, 0.3) is 0 Å². The van der Waals surface area contributed by atoms with Gasteiger partial charge in [-0.2, -0.15) is 0 Å². The van der Waals surface area contributed by atoms with E-state index in [-0.39, 0.29) is 18.1 Å². The van der Waals surface area contributed by atoms with E-state index in [9.17, 15) is 9.59 Å². The Labute approximate surface area is 159 Å². The minimum absolute atomic E-state index is 0.0564. The van der Waals surface area contributed by atoms with Gasteiger partial charge in [0.1, 0.15) is 12.0 Å². The molecular formula is C20H25ClN2O3. The summed E-state index contributed by atoms with van der Waals surface area (Å²) in [4.78, 5) is 24.8. The van der Waals surface area contributed by atoms with E-state index in [1.165, 1.54) is 19.3 Å². The van der Waals surface area contributed by atoms with Crippen LogP contribution in [0, 0.1) is 5.92 Å². The second kappa shape index (κ2) is 8.58. The summed E-state index contributed by atoms with van der Waals surface area (Å²) < 4.78 is 5.83. The largest absolute Gasteiger partial charge is 0.462 e. The topological polar surface area (TPSA) is 67.4 Å². The molecule has 1 aliphatic carbocycles. The monoisotopic (exact) mass is 376 g/mol. The predicted octanol–water partition coefficient (Wildman–Crippen LogP) is 4.48. The van der Waals surface area contributed by atoms with Gasteiger partial charge in [-0.05, 0) is 43.4 Å². The maximum Gasteiger partial charge on any atom is 0.319 e. The number of ether oxygens (including phenoxy) is 1. The molecule has 2 N–H and O–H groups in total. The van der Waals surface area contributed by atoms with Crippen molar-refractivity contribution in [3.8, 4) is 0 Å². The maximum absolute atomic E-state index is 12.9. The molecule has 1 aromatic rings. The van der Waals surface area contributed by atoms with Crippen molar-refractivity contribution in [3.05, 3.63) is 47.1 Å². The van der Waals surface area contributed by atoms with Crippen molar-refractivity contribution in [1.82, 2.24) is 10.6 Å². The van der Waals surface area contributed by atoms with Gasteiger partial charge in [-0.3, -0.25) is 4.79 Å². The number of carbonyl (C=O) groups excluding carboxylic acids is 2. The molecule has 1 heterocycles. The first-order valence-electron chi connectivity index (χ1n) is 9.27. The van der Waals surface area contributed by atoms with Gasteiger partial charge in [-0.25, -0.2) is 4.79 Å². The molecule has 0 bridgehead atoms. The second-order valence-electron chi connectivity index (χ2n) is 7.03. The third-order valence-corrected chi connectivity index (χ3v) is 5.34. The lowest BCUT2D eigenvalue weighted by Crippen LogP contribution is -2.51. The SMILES string of the molecule is C=C1NC(=O)NC(c2ccc(Cl)cc2)C1C(=O)OC1CCCCCCC1. The van der Waals surface area contributed by atoms with Crippen molar-refractivity contribution >= 4 is 23.6 Å². The summed E-state index contributed by atoms with van der Waals surface area (Å²) in [5.74, 6) is -1.01. The molecular weight excluding hydrogens is 352 g/mol. The summed E-state index contributed by atoms with van der Waals surface area (Å²) in [6.45, 7) is 3.89. The van der Waals surface area contributed by atoms with Crippen molar-refractivity contribution in [3.63, 3.8) is 0 Å². The molecule has 2 aliphatic rings. The number of esters is 1. The molecule has 0 aromatic heterocycles. The molecule has 3 rings (SSSR count). The Bertz CT molecular complexity index is 666. The highest BCUT2D eigenvalue weighted by Gasteiger charge is 2.39. The minimum Gasteiger partial charge on any atom is -0.462 e. The van der Waals surface area contributed by atoms with Crippen LogP contribution in [0.15, 0.2) is 36.5 Å². The first kappa shape index (κ1) is 18.8. The normalized spacial score (nSPS) is 24.8. The van der Waals surface area contributed by atoms with E-state index in [2.05, 4.69) is 17.2 Å². The van der Waals surface area contributed by atoms with E-state index in [1.54, 1.807) is 12.1 Å². The molecule has 1 saturated carbocycles. The molecule has 2 unspecified atom stereocenters. The lowest BCUT2D eigenvalue weighted by molar-refractivity contribution is -0.155. The van der Waals surface area contributed by atoms with Crippen molar-refractivity contribution < 1.29 is 14.3 Å².